The molecule has 3 rings (SSSR count). The Labute approximate surface area is 234 Å². The molecule has 208 valence electrons. The van der Waals surface area contributed by atoms with Crippen molar-refractivity contribution in [2.75, 3.05) is 36.4 Å². The molecule has 0 saturated carbocycles. The Balaban J connectivity index is 1.98. The van der Waals surface area contributed by atoms with E-state index in [0.29, 0.717) is 53.3 Å². The van der Waals surface area contributed by atoms with Crippen LogP contribution in [-0.2, 0) is 26.2 Å². The van der Waals surface area contributed by atoms with Crippen LogP contribution in [0.5, 0.6) is 11.5 Å². The Bertz CT molecular complexity index is 1260. The zero-order valence-electron chi connectivity index (χ0n) is 21.7. The van der Waals surface area contributed by atoms with E-state index in [2.05, 4.69) is 5.32 Å². The van der Waals surface area contributed by atoms with Gasteiger partial charge >= 0.3 is 0 Å². The SMILES string of the molecule is CCCNC(=O)[C@H](CC)N(Cc1ccc(Cl)c(Cl)c1)C(=O)CN(c1ccc2c(c1)OCCO2)S(=O)(=O)CC. The van der Waals surface area contributed by atoms with Gasteiger partial charge in [0.15, 0.2) is 11.5 Å². The summed E-state index contributed by atoms with van der Waals surface area (Å²) >= 11 is 12.3. The van der Waals surface area contributed by atoms with Crippen molar-refractivity contribution in [3.63, 3.8) is 0 Å². The van der Waals surface area contributed by atoms with Crippen molar-refractivity contribution in [1.29, 1.82) is 0 Å². The standard InChI is InChI=1S/C26H33Cl2N3O6S/c1-4-11-29-26(33)22(5-2)30(16-18-7-9-20(27)21(28)14-18)25(32)17-31(38(34,35)6-3)19-8-10-23-24(15-19)37-13-12-36-23/h7-10,14-15,22H,4-6,11-13,16-17H2,1-3H3,(H,29,33)/t22-/m0/s1. The monoisotopic (exact) mass is 585 g/mol. The highest BCUT2D eigenvalue weighted by molar-refractivity contribution is 7.92. The first-order chi connectivity index (χ1) is 18.1. The van der Waals surface area contributed by atoms with Crippen LogP contribution in [0, 0.1) is 0 Å². The van der Waals surface area contributed by atoms with Crippen LogP contribution in [0.15, 0.2) is 36.4 Å². The topological polar surface area (TPSA) is 105 Å². The summed E-state index contributed by atoms with van der Waals surface area (Å²) in [6.07, 6.45) is 1.06. The molecule has 9 nitrogen and oxygen atoms in total. The molecule has 1 aliphatic rings. The summed E-state index contributed by atoms with van der Waals surface area (Å²) in [4.78, 5) is 28.3. The molecule has 12 heteroatoms. The molecular formula is C26H33Cl2N3O6S. The fourth-order valence-corrected chi connectivity index (χ4v) is 5.40. The van der Waals surface area contributed by atoms with Crippen molar-refractivity contribution in [2.24, 2.45) is 0 Å². The molecule has 0 saturated heterocycles. The van der Waals surface area contributed by atoms with Gasteiger partial charge in [0.05, 0.1) is 21.5 Å². The number of sulfonamides is 1. The molecule has 2 aromatic carbocycles. The number of ether oxygens (including phenoxy) is 2. The van der Waals surface area contributed by atoms with Gasteiger partial charge in [-0.05, 0) is 49.6 Å². The number of carbonyl (C=O) groups is 2. The summed E-state index contributed by atoms with van der Waals surface area (Å²) in [5.74, 6) is -0.181. The Hall–Kier alpha value is -2.69. The second-order valence-electron chi connectivity index (χ2n) is 8.72. The fraction of sp³-hybridized carbons (Fsp3) is 0.462. The normalized spacial score (nSPS) is 13.5. The summed E-state index contributed by atoms with van der Waals surface area (Å²) in [7, 11) is -3.87. The van der Waals surface area contributed by atoms with Crippen LogP contribution in [0.2, 0.25) is 10.0 Å². The lowest BCUT2D eigenvalue weighted by molar-refractivity contribution is -0.140. The molecule has 0 aliphatic carbocycles. The summed E-state index contributed by atoms with van der Waals surface area (Å²) in [6.45, 7) is 5.95. The van der Waals surface area contributed by atoms with E-state index in [1.807, 2.05) is 6.92 Å². The molecule has 2 aromatic rings. The Morgan fingerprint density at radius 2 is 1.71 bits per heavy atom. The predicted molar refractivity (Wildman–Crippen MR) is 149 cm³/mol. The highest BCUT2D eigenvalue weighted by atomic mass is 35.5. The van der Waals surface area contributed by atoms with Crippen LogP contribution in [0.1, 0.15) is 39.2 Å². The van der Waals surface area contributed by atoms with Crippen LogP contribution in [0.4, 0.5) is 5.69 Å². The van der Waals surface area contributed by atoms with Crippen LogP contribution in [0.3, 0.4) is 0 Å². The average Bonchev–Trinajstić information content (AvgIpc) is 2.91. The zero-order valence-corrected chi connectivity index (χ0v) is 24.0. The minimum absolute atomic E-state index is 0.0366. The van der Waals surface area contributed by atoms with Gasteiger partial charge in [0.2, 0.25) is 21.8 Å². The van der Waals surface area contributed by atoms with E-state index in [-0.39, 0.29) is 23.9 Å². The quantitative estimate of drug-likeness (QED) is 0.399. The number of halogens is 2. The van der Waals surface area contributed by atoms with Crippen molar-refractivity contribution in [3.05, 3.63) is 52.0 Å². The molecule has 0 fully saturated rings. The summed E-state index contributed by atoms with van der Waals surface area (Å²) < 4.78 is 38.5. The van der Waals surface area contributed by atoms with E-state index in [0.717, 1.165) is 10.7 Å². The molecule has 1 aliphatic heterocycles. The highest BCUT2D eigenvalue weighted by Crippen LogP contribution is 2.35. The lowest BCUT2D eigenvalue weighted by Gasteiger charge is -2.33. The maximum Gasteiger partial charge on any atom is 0.244 e. The van der Waals surface area contributed by atoms with E-state index in [4.69, 9.17) is 32.7 Å². The van der Waals surface area contributed by atoms with Gasteiger partial charge < -0.3 is 19.7 Å². The van der Waals surface area contributed by atoms with E-state index in [1.54, 1.807) is 43.3 Å². The number of rotatable bonds is 12. The third-order valence-electron chi connectivity index (χ3n) is 6.07. The number of benzene rings is 2. The first kappa shape index (κ1) is 29.9. The van der Waals surface area contributed by atoms with Gasteiger partial charge in [-0.25, -0.2) is 8.42 Å². The smallest absolute Gasteiger partial charge is 0.244 e. The fourth-order valence-electron chi connectivity index (χ4n) is 4.03. The number of nitrogens with one attached hydrogen (secondary N) is 1. The van der Waals surface area contributed by atoms with Crippen molar-refractivity contribution in [2.45, 2.75) is 46.2 Å². The molecule has 0 aromatic heterocycles. The van der Waals surface area contributed by atoms with Gasteiger partial charge in [-0.3, -0.25) is 13.9 Å². The molecular weight excluding hydrogens is 553 g/mol. The van der Waals surface area contributed by atoms with E-state index < -0.39 is 28.5 Å². The third kappa shape index (κ3) is 7.24. The third-order valence-corrected chi connectivity index (χ3v) is 8.55. The minimum Gasteiger partial charge on any atom is -0.486 e. The first-order valence-corrected chi connectivity index (χ1v) is 14.9. The van der Waals surface area contributed by atoms with E-state index in [1.165, 1.54) is 11.8 Å². The maximum atomic E-state index is 13.8. The number of carbonyl (C=O) groups excluding carboxylic acids is 2. The number of fused-ring (bicyclic) bond motifs is 1. The number of nitrogens with zero attached hydrogens (tertiary/aromatic N) is 2. The van der Waals surface area contributed by atoms with Gasteiger partial charge in [-0.1, -0.05) is 43.1 Å². The predicted octanol–water partition coefficient (Wildman–Crippen LogP) is 4.25. The molecule has 1 N–H and O–H groups in total. The number of hydrogen-bond donors (Lipinski definition) is 1. The van der Waals surface area contributed by atoms with Crippen LogP contribution < -0.4 is 19.1 Å². The van der Waals surface area contributed by atoms with Gasteiger partial charge in [0.25, 0.3) is 0 Å². The molecule has 1 atom stereocenters. The number of amides is 2. The molecule has 2 amide bonds. The largest absolute Gasteiger partial charge is 0.486 e. The second kappa shape index (κ2) is 13.4. The van der Waals surface area contributed by atoms with Gasteiger partial charge in [0.1, 0.15) is 25.8 Å². The van der Waals surface area contributed by atoms with Gasteiger partial charge in [0, 0.05) is 19.2 Å². The number of hydrogen-bond acceptors (Lipinski definition) is 6. The van der Waals surface area contributed by atoms with Gasteiger partial charge in [-0.2, -0.15) is 0 Å². The van der Waals surface area contributed by atoms with Crippen molar-refractivity contribution in [3.8, 4) is 11.5 Å². The lowest BCUT2D eigenvalue weighted by Crippen LogP contribution is -2.52. The Kier molecular flexibility index (Phi) is 10.5. The van der Waals surface area contributed by atoms with Crippen molar-refractivity contribution < 1.29 is 27.5 Å². The van der Waals surface area contributed by atoms with Crippen LogP contribution in [0.25, 0.3) is 0 Å². The molecule has 0 bridgehead atoms. The summed E-state index contributed by atoms with van der Waals surface area (Å²) in [5, 5.41) is 3.52. The molecule has 38 heavy (non-hydrogen) atoms. The van der Waals surface area contributed by atoms with E-state index in [9.17, 15) is 18.0 Å². The molecule has 0 unspecified atom stereocenters. The molecule has 0 spiro atoms. The van der Waals surface area contributed by atoms with Crippen LogP contribution >= 0.6 is 23.2 Å². The highest BCUT2D eigenvalue weighted by Gasteiger charge is 2.33. The van der Waals surface area contributed by atoms with Gasteiger partial charge in [-0.15, -0.1) is 0 Å². The lowest BCUT2D eigenvalue weighted by atomic mass is 10.1. The zero-order chi connectivity index (χ0) is 27.9. The summed E-state index contributed by atoms with van der Waals surface area (Å²) in [5.41, 5.74) is 0.918. The van der Waals surface area contributed by atoms with Crippen LogP contribution in [-0.4, -0.2) is 63.2 Å². The maximum absolute atomic E-state index is 13.8. The first-order valence-electron chi connectivity index (χ1n) is 12.5. The molecule has 1 heterocycles. The average molecular weight is 587 g/mol. The molecule has 0 radical (unpaired) electrons. The Morgan fingerprint density at radius 3 is 2.34 bits per heavy atom. The van der Waals surface area contributed by atoms with E-state index >= 15 is 0 Å². The van der Waals surface area contributed by atoms with Crippen molar-refractivity contribution >= 4 is 50.7 Å². The Morgan fingerprint density at radius 1 is 1.00 bits per heavy atom. The number of anilines is 1. The minimum atomic E-state index is -3.87. The second-order valence-corrected chi connectivity index (χ2v) is 11.7. The van der Waals surface area contributed by atoms with Crippen molar-refractivity contribution in [1.82, 2.24) is 10.2 Å². The summed E-state index contributed by atoms with van der Waals surface area (Å²) in [6, 6.07) is 8.87.